The number of anilines is 4. The number of carbonyl (C=O) groups is 4. The molecule has 0 saturated heterocycles. The third-order valence-corrected chi connectivity index (χ3v) is 6.91. The molecule has 3 heterocycles. The number of ether oxygens (including phenoxy) is 2. The lowest BCUT2D eigenvalue weighted by atomic mass is 10.1. The summed E-state index contributed by atoms with van der Waals surface area (Å²) >= 11 is 0. The Morgan fingerprint density at radius 3 is 2.46 bits per heavy atom. The predicted octanol–water partition coefficient (Wildman–Crippen LogP) is 1.39. The summed E-state index contributed by atoms with van der Waals surface area (Å²) in [5.74, 6) is -1.86. The smallest absolute Gasteiger partial charge is 0.341 e. The molecule has 48 heavy (non-hydrogen) atoms. The molecule has 1 aromatic carbocycles. The Morgan fingerprint density at radius 2 is 1.79 bits per heavy atom. The van der Waals surface area contributed by atoms with Crippen molar-refractivity contribution in [3.63, 3.8) is 0 Å². The van der Waals surface area contributed by atoms with Crippen LogP contribution in [0.15, 0.2) is 42.7 Å². The Bertz CT molecular complexity index is 1840. The summed E-state index contributed by atoms with van der Waals surface area (Å²) in [4.78, 5) is 81.5. The number of esters is 2. The molecule has 0 aliphatic heterocycles. The zero-order valence-corrected chi connectivity index (χ0v) is 25.8. The molecule has 250 valence electrons. The van der Waals surface area contributed by atoms with Crippen LogP contribution in [-0.2, 0) is 25.6 Å². The third kappa shape index (κ3) is 8.38. The maximum atomic E-state index is 13.0. The van der Waals surface area contributed by atoms with Gasteiger partial charge in [-0.25, -0.2) is 24.5 Å². The van der Waals surface area contributed by atoms with E-state index in [1.807, 2.05) is 0 Å². The van der Waals surface area contributed by atoms with Crippen LogP contribution in [0.3, 0.4) is 0 Å². The molecule has 4 aromatic rings. The van der Waals surface area contributed by atoms with Gasteiger partial charge < -0.3 is 36.5 Å². The number of carbonyl (C=O) groups excluding carboxylic acids is 4. The van der Waals surface area contributed by atoms with Crippen LogP contribution in [0.5, 0.6) is 0 Å². The van der Waals surface area contributed by atoms with Gasteiger partial charge in [-0.15, -0.1) is 0 Å². The fourth-order valence-electron chi connectivity index (χ4n) is 4.50. The molecule has 0 fully saturated rings. The zero-order chi connectivity index (χ0) is 34.8. The summed E-state index contributed by atoms with van der Waals surface area (Å²) in [6.45, 7) is 0.331. The van der Waals surface area contributed by atoms with Crippen molar-refractivity contribution < 1.29 is 33.6 Å². The first-order chi connectivity index (χ1) is 23.0. The molecule has 0 aliphatic carbocycles. The maximum absolute atomic E-state index is 13.0. The number of hydrogen-bond donors (Lipinski definition) is 4. The fourth-order valence-corrected chi connectivity index (χ4v) is 4.50. The first kappa shape index (κ1) is 34.3. The Morgan fingerprint density at radius 1 is 1.04 bits per heavy atom. The second-order valence-corrected chi connectivity index (χ2v) is 10.1. The molecule has 0 radical (unpaired) electrons. The van der Waals surface area contributed by atoms with Gasteiger partial charge in [0, 0.05) is 23.9 Å². The largest absolute Gasteiger partial charge is 0.467 e. The second-order valence-electron chi connectivity index (χ2n) is 10.1. The highest BCUT2D eigenvalue weighted by atomic mass is 16.6. The molecule has 4 rings (SSSR count). The number of aromatic nitrogens is 5. The van der Waals surface area contributed by atoms with Gasteiger partial charge in [-0.1, -0.05) is 0 Å². The molecule has 0 unspecified atom stereocenters. The molecule has 0 aliphatic rings. The van der Waals surface area contributed by atoms with Crippen LogP contribution in [0.25, 0.3) is 11.2 Å². The van der Waals surface area contributed by atoms with E-state index in [0.717, 1.165) is 19.4 Å². The first-order valence-electron chi connectivity index (χ1n) is 14.3. The minimum atomic E-state index is -0.963. The molecule has 6 N–H and O–H groups in total. The van der Waals surface area contributed by atoms with Crippen molar-refractivity contribution in [3.8, 4) is 0 Å². The molecule has 2 amide bonds. The van der Waals surface area contributed by atoms with E-state index in [-0.39, 0.29) is 58.5 Å². The summed E-state index contributed by atoms with van der Waals surface area (Å²) < 4.78 is 9.54. The SMILES string of the molecule is COC(=O)c1cc([N+](=O)[O-])cnc1NCCCC[C@H](NC(=O)c1ccc(N(C=O)Cc2cnc3nc(N)nc(N)c3n2)cc1)C(=O)OC. The van der Waals surface area contributed by atoms with E-state index in [1.165, 1.54) is 30.3 Å². The minimum Gasteiger partial charge on any atom is -0.467 e. The second kappa shape index (κ2) is 15.7. The molecule has 3 aromatic heterocycles. The number of hydrogen-bond acceptors (Lipinski definition) is 16. The van der Waals surface area contributed by atoms with E-state index in [1.54, 1.807) is 12.1 Å². The topological polar surface area (TPSA) is 274 Å². The number of nitrogen functional groups attached to an aromatic ring is 2. The van der Waals surface area contributed by atoms with Crippen molar-refractivity contribution >= 4 is 64.4 Å². The molecular weight excluding hydrogens is 630 g/mol. The number of amides is 2. The molecule has 0 bridgehead atoms. The van der Waals surface area contributed by atoms with Gasteiger partial charge in [-0.3, -0.25) is 19.7 Å². The van der Waals surface area contributed by atoms with Gasteiger partial charge in [0.2, 0.25) is 12.4 Å². The van der Waals surface area contributed by atoms with E-state index >= 15 is 0 Å². The number of pyridine rings is 1. The van der Waals surface area contributed by atoms with Gasteiger partial charge in [-0.2, -0.15) is 9.97 Å². The molecule has 1 atom stereocenters. The van der Waals surface area contributed by atoms with E-state index in [4.69, 9.17) is 16.2 Å². The quantitative estimate of drug-likeness (QED) is 0.0460. The lowest BCUT2D eigenvalue weighted by Gasteiger charge is -2.19. The Hall–Kier alpha value is -6.53. The lowest BCUT2D eigenvalue weighted by molar-refractivity contribution is -0.385. The number of methoxy groups -OCH3 is 2. The van der Waals surface area contributed by atoms with Gasteiger partial charge in [0.15, 0.2) is 17.0 Å². The number of fused-ring (bicyclic) bond motifs is 1. The van der Waals surface area contributed by atoms with Crippen LogP contribution < -0.4 is 27.0 Å². The van der Waals surface area contributed by atoms with Crippen LogP contribution in [0.2, 0.25) is 0 Å². The number of nitrogens with two attached hydrogens (primary N) is 2. The van der Waals surface area contributed by atoms with Crippen molar-refractivity contribution in [2.24, 2.45) is 0 Å². The van der Waals surface area contributed by atoms with Crippen molar-refractivity contribution in [2.45, 2.75) is 31.8 Å². The Labute approximate surface area is 272 Å². The molecule has 19 heteroatoms. The third-order valence-electron chi connectivity index (χ3n) is 6.91. The standard InChI is InChI=1S/C29H31N11O8/c1-47-27(43)20-11-19(40(45)46)13-34-24(20)32-10-4-3-5-21(28(44)48-2)36-26(42)16-6-8-18(9-7-16)39(15-41)14-17-12-33-25-22(35-17)23(30)37-29(31)38-25/h6-9,11-13,15,21H,3-5,10,14H2,1-2H3,(H,32,34)(H,36,42)(H4,30,31,33,37,38)/t21-/m0/s1. The van der Waals surface area contributed by atoms with Crippen molar-refractivity contribution in [1.29, 1.82) is 0 Å². The van der Waals surface area contributed by atoms with Gasteiger partial charge in [0.1, 0.15) is 23.6 Å². The fraction of sp³-hybridized carbons (Fsp3) is 0.276. The normalized spacial score (nSPS) is 11.3. The average Bonchev–Trinajstić information content (AvgIpc) is 3.09. The molecule has 0 saturated carbocycles. The van der Waals surface area contributed by atoms with Crippen molar-refractivity contribution in [2.75, 3.05) is 42.4 Å². The number of nitrogens with one attached hydrogen (secondary N) is 2. The van der Waals surface area contributed by atoms with Gasteiger partial charge in [-0.05, 0) is 43.5 Å². The maximum Gasteiger partial charge on any atom is 0.341 e. The van der Waals surface area contributed by atoms with E-state index in [2.05, 4.69) is 40.3 Å². The number of unbranched alkanes of at least 4 members (excludes halogenated alkanes) is 1. The molecular formula is C29H31N11O8. The number of rotatable bonds is 15. The average molecular weight is 662 g/mol. The summed E-state index contributed by atoms with van der Waals surface area (Å²) in [7, 11) is 2.35. The van der Waals surface area contributed by atoms with Crippen LogP contribution in [0, 0.1) is 10.1 Å². The summed E-state index contributed by atoms with van der Waals surface area (Å²) in [5, 5.41) is 16.6. The first-order valence-corrected chi connectivity index (χ1v) is 14.3. The van der Waals surface area contributed by atoms with Gasteiger partial charge >= 0.3 is 11.9 Å². The highest BCUT2D eigenvalue weighted by molar-refractivity contribution is 5.97. The van der Waals surface area contributed by atoms with Crippen LogP contribution in [0.1, 0.15) is 45.7 Å². The minimum absolute atomic E-state index is 0.0331. The monoisotopic (exact) mass is 661 g/mol. The number of nitrogens with zero attached hydrogens (tertiary/aromatic N) is 7. The van der Waals surface area contributed by atoms with Crippen molar-refractivity contribution in [1.82, 2.24) is 30.2 Å². The molecule has 19 nitrogen and oxygen atoms in total. The van der Waals surface area contributed by atoms with Crippen LogP contribution in [-0.4, -0.2) is 80.9 Å². The molecule has 0 spiro atoms. The highest BCUT2D eigenvalue weighted by Gasteiger charge is 2.23. The predicted molar refractivity (Wildman–Crippen MR) is 170 cm³/mol. The van der Waals surface area contributed by atoms with Gasteiger partial charge in [0.25, 0.3) is 11.6 Å². The van der Waals surface area contributed by atoms with E-state index < -0.39 is 28.8 Å². The lowest BCUT2D eigenvalue weighted by Crippen LogP contribution is -2.41. The van der Waals surface area contributed by atoms with Gasteiger partial charge in [0.05, 0.1) is 37.6 Å². The summed E-state index contributed by atoms with van der Waals surface area (Å²) in [5.41, 5.74) is 12.6. The zero-order valence-electron chi connectivity index (χ0n) is 25.8. The van der Waals surface area contributed by atoms with Crippen LogP contribution >= 0.6 is 0 Å². The summed E-state index contributed by atoms with van der Waals surface area (Å²) in [6.07, 6.45) is 4.20. The highest BCUT2D eigenvalue weighted by Crippen LogP contribution is 2.21. The van der Waals surface area contributed by atoms with E-state index in [0.29, 0.717) is 37.2 Å². The van der Waals surface area contributed by atoms with Crippen LogP contribution in [0.4, 0.5) is 29.0 Å². The Kier molecular flexibility index (Phi) is 11.2. The number of nitro groups is 1. The summed E-state index contributed by atoms with van der Waals surface area (Å²) in [6, 6.07) is 6.21. The van der Waals surface area contributed by atoms with Crippen molar-refractivity contribution in [3.05, 3.63) is 69.7 Å². The Balaban J connectivity index is 1.34. The number of benzene rings is 1. The van der Waals surface area contributed by atoms with E-state index in [9.17, 15) is 29.3 Å².